The maximum atomic E-state index is 14.3. The van der Waals surface area contributed by atoms with Gasteiger partial charge in [0.15, 0.2) is 11.6 Å². The first-order valence-electron chi connectivity index (χ1n) is 8.39. The molecule has 2 heterocycles. The van der Waals surface area contributed by atoms with Crippen LogP contribution in [0.15, 0.2) is 18.2 Å². The minimum absolute atomic E-state index is 0.142. The number of rotatable bonds is 4. The summed E-state index contributed by atoms with van der Waals surface area (Å²) in [5, 5.41) is 0. The quantitative estimate of drug-likeness (QED) is 0.852. The van der Waals surface area contributed by atoms with Crippen molar-refractivity contribution in [2.45, 2.75) is 43.9 Å². The normalized spacial score (nSPS) is 24.7. The number of hydrogen-bond acceptors (Lipinski definition) is 4. The van der Waals surface area contributed by atoms with E-state index in [2.05, 4.69) is 4.90 Å². The van der Waals surface area contributed by atoms with Crippen molar-refractivity contribution in [3.8, 4) is 5.75 Å². The number of hydrogen-bond donors (Lipinski definition) is 0. The van der Waals surface area contributed by atoms with Crippen LogP contribution < -0.4 is 4.74 Å². The van der Waals surface area contributed by atoms with E-state index in [4.69, 9.17) is 14.2 Å². The van der Waals surface area contributed by atoms with Gasteiger partial charge in [0.05, 0.1) is 18.8 Å². The van der Waals surface area contributed by atoms with Crippen LogP contribution in [0.1, 0.15) is 31.2 Å². The topological polar surface area (TPSA) is 30.9 Å². The first kappa shape index (κ1) is 16.7. The van der Waals surface area contributed by atoms with E-state index in [0.29, 0.717) is 17.9 Å². The standard InChI is InChI=1S/C18H26FNO3/c1-21-15-6-3-5-14(17(15)19)13-20-10-8-18(9-11-20)16(22-2)7-4-12-23-18/h3,5-6,16H,4,7-13H2,1-2H3. The van der Waals surface area contributed by atoms with Crippen molar-refractivity contribution in [3.05, 3.63) is 29.6 Å². The summed E-state index contributed by atoms with van der Waals surface area (Å²) in [5.41, 5.74) is 0.546. The van der Waals surface area contributed by atoms with Crippen LogP contribution in [0, 0.1) is 5.82 Å². The molecule has 3 rings (SSSR count). The molecule has 4 nitrogen and oxygen atoms in total. The minimum Gasteiger partial charge on any atom is -0.494 e. The Morgan fingerprint density at radius 3 is 2.78 bits per heavy atom. The molecule has 0 N–H and O–H groups in total. The summed E-state index contributed by atoms with van der Waals surface area (Å²) in [5.74, 6) is 0.0602. The Labute approximate surface area is 137 Å². The zero-order valence-corrected chi connectivity index (χ0v) is 14.0. The van der Waals surface area contributed by atoms with E-state index in [0.717, 1.165) is 45.4 Å². The highest BCUT2D eigenvalue weighted by atomic mass is 19.1. The molecule has 0 bridgehead atoms. The molecule has 128 valence electrons. The monoisotopic (exact) mass is 323 g/mol. The van der Waals surface area contributed by atoms with Crippen LogP contribution in [0.25, 0.3) is 0 Å². The second kappa shape index (κ2) is 7.16. The van der Waals surface area contributed by atoms with Gasteiger partial charge >= 0.3 is 0 Å². The summed E-state index contributed by atoms with van der Waals surface area (Å²) in [4.78, 5) is 2.29. The predicted molar refractivity (Wildman–Crippen MR) is 86.2 cm³/mol. The Hall–Kier alpha value is -1.17. The molecule has 0 aliphatic carbocycles. The third-order valence-electron chi connectivity index (χ3n) is 5.23. The Bertz CT molecular complexity index is 529. The maximum absolute atomic E-state index is 14.3. The molecular formula is C18H26FNO3. The number of likely N-dealkylation sites (tertiary alicyclic amines) is 1. The van der Waals surface area contributed by atoms with Crippen molar-refractivity contribution in [3.63, 3.8) is 0 Å². The van der Waals surface area contributed by atoms with Gasteiger partial charge in [0.2, 0.25) is 0 Å². The molecule has 23 heavy (non-hydrogen) atoms. The lowest BCUT2D eigenvalue weighted by atomic mass is 9.81. The van der Waals surface area contributed by atoms with Crippen LogP contribution in [-0.4, -0.2) is 50.5 Å². The van der Waals surface area contributed by atoms with Gasteiger partial charge in [-0.15, -0.1) is 0 Å². The van der Waals surface area contributed by atoms with Gasteiger partial charge in [0, 0.05) is 38.9 Å². The Morgan fingerprint density at radius 1 is 1.30 bits per heavy atom. The molecule has 0 radical (unpaired) electrons. The lowest BCUT2D eigenvalue weighted by molar-refractivity contribution is -0.186. The first-order chi connectivity index (χ1) is 11.2. The summed E-state index contributed by atoms with van der Waals surface area (Å²) in [6.07, 6.45) is 4.21. The molecule has 5 heteroatoms. The fraction of sp³-hybridized carbons (Fsp3) is 0.667. The van der Waals surface area contributed by atoms with E-state index >= 15 is 0 Å². The maximum Gasteiger partial charge on any atom is 0.169 e. The van der Waals surface area contributed by atoms with Gasteiger partial charge in [-0.05, 0) is 31.7 Å². The zero-order chi connectivity index (χ0) is 16.3. The Kier molecular flexibility index (Phi) is 5.19. The molecule has 0 aromatic heterocycles. The number of methoxy groups -OCH3 is 2. The number of piperidine rings is 1. The average molecular weight is 323 g/mol. The molecule has 0 saturated carbocycles. The van der Waals surface area contributed by atoms with Gasteiger partial charge in [-0.2, -0.15) is 0 Å². The second-order valence-electron chi connectivity index (χ2n) is 6.49. The number of benzene rings is 1. The van der Waals surface area contributed by atoms with Crippen LogP contribution in [-0.2, 0) is 16.0 Å². The van der Waals surface area contributed by atoms with Crippen molar-refractivity contribution < 1.29 is 18.6 Å². The first-order valence-corrected chi connectivity index (χ1v) is 8.39. The molecule has 1 spiro atoms. The highest BCUT2D eigenvalue weighted by molar-refractivity contribution is 5.31. The van der Waals surface area contributed by atoms with Crippen LogP contribution in [0.3, 0.4) is 0 Å². The van der Waals surface area contributed by atoms with E-state index in [9.17, 15) is 4.39 Å². The molecule has 2 aliphatic rings. The third-order valence-corrected chi connectivity index (χ3v) is 5.23. The van der Waals surface area contributed by atoms with Gasteiger partial charge in [-0.1, -0.05) is 12.1 Å². The zero-order valence-electron chi connectivity index (χ0n) is 14.0. The molecule has 1 atom stereocenters. The summed E-state index contributed by atoms with van der Waals surface area (Å²) >= 11 is 0. The molecule has 2 aliphatic heterocycles. The van der Waals surface area contributed by atoms with E-state index in [1.807, 2.05) is 12.1 Å². The largest absolute Gasteiger partial charge is 0.494 e. The van der Waals surface area contributed by atoms with E-state index < -0.39 is 0 Å². The Morgan fingerprint density at radius 2 is 2.09 bits per heavy atom. The summed E-state index contributed by atoms with van der Waals surface area (Å²) in [6.45, 7) is 3.23. The summed E-state index contributed by atoms with van der Waals surface area (Å²) in [7, 11) is 3.28. The number of halogens is 1. The van der Waals surface area contributed by atoms with Gasteiger partial charge in [-0.25, -0.2) is 4.39 Å². The van der Waals surface area contributed by atoms with Gasteiger partial charge in [0.1, 0.15) is 0 Å². The molecule has 2 fully saturated rings. The van der Waals surface area contributed by atoms with E-state index in [1.165, 1.54) is 7.11 Å². The summed E-state index contributed by atoms with van der Waals surface area (Å²) in [6, 6.07) is 5.33. The number of nitrogens with zero attached hydrogens (tertiary/aromatic N) is 1. The number of ether oxygens (including phenoxy) is 3. The molecular weight excluding hydrogens is 297 g/mol. The molecule has 1 aromatic rings. The van der Waals surface area contributed by atoms with Crippen molar-refractivity contribution in [2.24, 2.45) is 0 Å². The van der Waals surface area contributed by atoms with Crippen molar-refractivity contribution in [1.29, 1.82) is 0 Å². The van der Waals surface area contributed by atoms with Crippen molar-refractivity contribution in [1.82, 2.24) is 4.90 Å². The lowest BCUT2D eigenvalue weighted by Crippen LogP contribution is -2.55. The van der Waals surface area contributed by atoms with Gasteiger partial charge in [-0.3, -0.25) is 4.90 Å². The molecule has 2 saturated heterocycles. The van der Waals surface area contributed by atoms with Gasteiger partial charge < -0.3 is 14.2 Å². The van der Waals surface area contributed by atoms with Crippen LogP contribution >= 0.6 is 0 Å². The summed E-state index contributed by atoms with van der Waals surface area (Å²) < 4.78 is 31.1. The van der Waals surface area contributed by atoms with Crippen LogP contribution in [0.5, 0.6) is 5.75 Å². The van der Waals surface area contributed by atoms with Crippen LogP contribution in [0.4, 0.5) is 4.39 Å². The van der Waals surface area contributed by atoms with Crippen LogP contribution in [0.2, 0.25) is 0 Å². The van der Waals surface area contributed by atoms with Crippen molar-refractivity contribution in [2.75, 3.05) is 33.9 Å². The van der Waals surface area contributed by atoms with Gasteiger partial charge in [0.25, 0.3) is 0 Å². The SMILES string of the molecule is COc1cccc(CN2CCC3(CC2)OCCCC3OC)c1F. The minimum atomic E-state index is -0.251. The molecule has 1 aromatic carbocycles. The average Bonchev–Trinajstić information content (AvgIpc) is 2.59. The highest BCUT2D eigenvalue weighted by Crippen LogP contribution is 2.37. The highest BCUT2D eigenvalue weighted by Gasteiger charge is 2.44. The molecule has 1 unspecified atom stereocenters. The fourth-order valence-electron chi connectivity index (χ4n) is 3.87. The van der Waals surface area contributed by atoms with Crippen molar-refractivity contribution >= 4 is 0 Å². The van der Waals surface area contributed by atoms with E-state index in [-0.39, 0.29) is 17.5 Å². The smallest absolute Gasteiger partial charge is 0.169 e. The molecule has 0 amide bonds. The van der Waals surface area contributed by atoms with E-state index in [1.54, 1.807) is 13.2 Å². The predicted octanol–water partition coefficient (Wildman–Crippen LogP) is 2.99. The third kappa shape index (κ3) is 3.37. The lowest BCUT2D eigenvalue weighted by Gasteiger charge is -2.48. The second-order valence-corrected chi connectivity index (χ2v) is 6.49. The fourth-order valence-corrected chi connectivity index (χ4v) is 3.87. The Balaban J connectivity index is 1.63.